The number of carbonyl (C=O) groups excluding carboxylic acids is 2. The Bertz CT molecular complexity index is 652. The van der Waals surface area contributed by atoms with Gasteiger partial charge in [0.25, 0.3) is 5.91 Å². The largest absolute Gasteiger partial charge is 0.496 e. The summed E-state index contributed by atoms with van der Waals surface area (Å²) < 4.78 is 10.6. The van der Waals surface area contributed by atoms with Gasteiger partial charge in [-0.3, -0.25) is 4.79 Å². The number of benzene rings is 1. The molecule has 1 aromatic carbocycles. The second-order valence-corrected chi connectivity index (χ2v) is 6.63. The second kappa shape index (κ2) is 7.55. The maximum atomic E-state index is 12.3. The first kappa shape index (κ1) is 17.4. The van der Waals surface area contributed by atoms with Crippen molar-refractivity contribution in [3.05, 3.63) is 40.0 Å². The Labute approximate surface area is 140 Å². The van der Waals surface area contributed by atoms with Crippen molar-refractivity contribution in [2.75, 3.05) is 17.7 Å². The lowest BCUT2D eigenvalue weighted by atomic mass is 10.1. The number of aryl methyl sites for hydroxylation is 1. The quantitative estimate of drug-likeness (QED) is 0.853. The number of allylic oxidation sites excluding steroid dienone is 1. The number of hydrogen-bond donors (Lipinski definition) is 1. The Kier molecular flexibility index (Phi) is 5.71. The van der Waals surface area contributed by atoms with Crippen molar-refractivity contribution in [1.82, 2.24) is 0 Å². The molecule has 0 unspecified atom stereocenters. The highest BCUT2D eigenvalue weighted by Gasteiger charge is 2.20. The van der Waals surface area contributed by atoms with E-state index in [1.54, 1.807) is 39.0 Å². The molecule has 0 spiro atoms. The molecule has 0 radical (unpaired) electrons. The molecule has 1 heterocycles. The van der Waals surface area contributed by atoms with Gasteiger partial charge in [-0.25, -0.2) is 4.79 Å². The Morgan fingerprint density at radius 2 is 2.04 bits per heavy atom. The van der Waals surface area contributed by atoms with Gasteiger partial charge < -0.3 is 14.8 Å². The number of esters is 1. The standard InChI is InChI=1S/C17H21NO4S/c1-10(2)22-17(20)14-9-13(6-5-11(14)3)18-16(19)15-12(4)21-7-8-23-15/h5-6,9-10H,7-8H2,1-4H3,(H,18,19). The van der Waals surface area contributed by atoms with Gasteiger partial charge in [-0.15, -0.1) is 11.8 Å². The molecule has 0 saturated carbocycles. The summed E-state index contributed by atoms with van der Waals surface area (Å²) in [5.74, 6) is 0.767. The fourth-order valence-corrected chi connectivity index (χ4v) is 2.93. The molecule has 23 heavy (non-hydrogen) atoms. The molecule has 1 aliphatic heterocycles. The van der Waals surface area contributed by atoms with Crippen molar-refractivity contribution < 1.29 is 19.1 Å². The summed E-state index contributed by atoms with van der Waals surface area (Å²) in [6.07, 6.45) is -0.191. The zero-order valence-electron chi connectivity index (χ0n) is 13.8. The molecule has 2 rings (SSSR count). The summed E-state index contributed by atoms with van der Waals surface area (Å²) in [7, 11) is 0. The van der Waals surface area contributed by atoms with E-state index in [0.29, 0.717) is 28.5 Å². The average Bonchev–Trinajstić information content (AvgIpc) is 2.48. The lowest BCUT2D eigenvalue weighted by Gasteiger charge is -2.18. The van der Waals surface area contributed by atoms with Crippen LogP contribution in [-0.2, 0) is 14.3 Å². The molecule has 5 nitrogen and oxygen atoms in total. The van der Waals surface area contributed by atoms with Crippen LogP contribution in [0.5, 0.6) is 0 Å². The third-order valence-electron chi connectivity index (χ3n) is 3.23. The molecule has 0 aromatic heterocycles. The fourth-order valence-electron chi connectivity index (χ4n) is 2.12. The van der Waals surface area contributed by atoms with Crippen LogP contribution in [0, 0.1) is 6.92 Å². The first-order valence-electron chi connectivity index (χ1n) is 7.48. The van der Waals surface area contributed by atoms with Gasteiger partial charge in [-0.2, -0.15) is 0 Å². The van der Waals surface area contributed by atoms with E-state index in [2.05, 4.69) is 5.32 Å². The molecule has 1 N–H and O–H groups in total. The van der Waals surface area contributed by atoms with Crippen molar-refractivity contribution in [3.63, 3.8) is 0 Å². The highest BCUT2D eigenvalue weighted by Crippen LogP contribution is 2.27. The normalized spacial score (nSPS) is 14.5. The van der Waals surface area contributed by atoms with Crippen molar-refractivity contribution >= 4 is 29.3 Å². The monoisotopic (exact) mass is 335 g/mol. The topological polar surface area (TPSA) is 64.6 Å². The van der Waals surface area contributed by atoms with Crippen molar-refractivity contribution in [2.24, 2.45) is 0 Å². The zero-order valence-corrected chi connectivity index (χ0v) is 14.6. The molecule has 0 saturated heterocycles. The van der Waals surface area contributed by atoms with E-state index in [4.69, 9.17) is 9.47 Å². The van der Waals surface area contributed by atoms with Gasteiger partial charge in [0.05, 0.1) is 18.3 Å². The molecular formula is C17H21NO4S. The molecule has 1 amide bonds. The third kappa shape index (κ3) is 4.51. The van der Waals surface area contributed by atoms with Crippen LogP contribution in [0.4, 0.5) is 5.69 Å². The summed E-state index contributed by atoms with van der Waals surface area (Å²) in [5, 5.41) is 2.81. The number of carbonyl (C=O) groups is 2. The number of rotatable bonds is 4. The van der Waals surface area contributed by atoms with E-state index >= 15 is 0 Å². The molecule has 124 valence electrons. The third-order valence-corrected chi connectivity index (χ3v) is 4.36. The Morgan fingerprint density at radius 3 is 2.70 bits per heavy atom. The second-order valence-electron chi connectivity index (χ2n) is 5.52. The van der Waals surface area contributed by atoms with E-state index in [0.717, 1.165) is 11.3 Å². The van der Waals surface area contributed by atoms with Crippen LogP contribution in [-0.4, -0.2) is 30.3 Å². The zero-order chi connectivity index (χ0) is 17.0. The highest BCUT2D eigenvalue weighted by molar-refractivity contribution is 8.04. The van der Waals surface area contributed by atoms with Gasteiger partial charge in [0.15, 0.2) is 0 Å². The van der Waals surface area contributed by atoms with Crippen LogP contribution >= 0.6 is 11.8 Å². The van der Waals surface area contributed by atoms with Crippen molar-refractivity contribution in [3.8, 4) is 0 Å². The molecular weight excluding hydrogens is 314 g/mol. The number of hydrogen-bond acceptors (Lipinski definition) is 5. The average molecular weight is 335 g/mol. The molecule has 1 aromatic rings. The summed E-state index contributed by atoms with van der Waals surface area (Å²) in [5.41, 5.74) is 1.82. The van der Waals surface area contributed by atoms with Crippen LogP contribution < -0.4 is 5.32 Å². The Hall–Kier alpha value is -1.95. The lowest BCUT2D eigenvalue weighted by molar-refractivity contribution is -0.112. The van der Waals surface area contributed by atoms with E-state index in [9.17, 15) is 9.59 Å². The van der Waals surface area contributed by atoms with Crippen LogP contribution in [0.2, 0.25) is 0 Å². The molecule has 0 aliphatic carbocycles. The van der Waals surface area contributed by atoms with E-state index in [1.807, 2.05) is 6.92 Å². The first-order valence-corrected chi connectivity index (χ1v) is 8.46. The van der Waals surface area contributed by atoms with Gasteiger partial charge in [-0.1, -0.05) is 6.07 Å². The minimum absolute atomic E-state index is 0.191. The number of nitrogens with one attached hydrogen (secondary N) is 1. The lowest BCUT2D eigenvalue weighted by Crippen LogP contribution is -2.19. The predicted molar refractivity (Wildman–Crippen MR) is 91.5 cm³/mol. The summed E-state index contributed by atoms with van der Waals surface area (Å²) >= 11 is 1.47. The predicted octanol–water partition coefficient (Wildman–Crippen LogP) is 3.49. The van der Waals surface area contributed by atoms with Crippen molar-refractivity contribution in [2.45, 2.75) is 33.8 Å². The van der Waals surface area contributed by atoms with E-state index < -0.39 is 0 Å². The van der Waals surface area contributed by atoms with Crippen LogP contribution in [0.15, 0.2) is 28.9 Å². The summed E-state index contributed by atoms with van der Waals surface area (Å²) in [6, 6.07) is 5.20. The van der Waals surface area contributed by atoms with Gasteiger partial charge in [0, 0.05) is 11.4 Å². The highest BCUT2D eigenvalue weighted by atomic mass is 32.2. The number of anilines is 1. The minimum atomic E-state index is -0.389. The number of ether oxygens (including phenoxy) is 2. The SMILES string of the molecule is CC1=C(C(=O)Nc2ccc(C)c(C(=O)OC(C)C)c2)SCCO1. The Balaban J connectivity index is 2.18. The first-order chi connectivity index (χ1) is 10.9. The summed E-state index contributed by atoms with van der Waals surface area (Å²) in [6.45, 7) is 7.83. The van der Waals surface area contributed by atoms with Crippen molar-refractivity contribution in [1.29, 1.82) is 0 Å². The fraction of sp³-hybridized carbons (Fsp3) is 0.412. The van der Waals surface area contributed by atoms with Gasteiger partial charge in [0.2, 0.25) is 0 Å². The minimum Gasteiger partial charge on any atom is -0.496 e. The van der Waals surface area contributed by atoms with Crippen LogP contribution in [0.25, 0.3) is 0 Å². The molecule has 0 bridgehead atoms. The number of thioether (sulfide) groups is 1. The molecule has 0 fully saturated rings. The Morgan fingerprint density at radius 1 is 1.30 bits per heavy atom. The molecule has 6 heteroatoms. The molecule has 0 atom stereocenters. The molecule has 1 aliphatic rings. The summed E-state index contributed by atoms with van der Waals surface area (Å²) in [4.78, 5) is 25.0. The van der Waals surface area contributed by atoms with Gasteiger partial charge in [-0.05, 0) is 45.4 Å². The maximum absolute atomic E-state index is 12.3. The van der Waals surface area contributed by atoms with E-state index in [1.165, 1.54) is 11.8 Å². The van der Waals surface area contributed by atoms with Crippen LogP contribution in [0.3, 0.4) is 0 Å². The smallest absolute Gasteiger partial charge is 0.338 e. The van der Waals surface area contributed by atoms with Gasteiger partial charge >= 0.3 is 5.97 Å². The van der Waals surface area contributed by atoms with E-state index in [-0.39, 0.29) is 18.0 Å². The van der Waals surface area contributed by atoms with Crippen LogP contribution in [0.1, 0.15) is 36.7 Å². The van der Waals surface area contributed by atoms with Gasteiger partial charge in [0.1, 0.15) is 10.7 Å². The number of amides is 1. The maximum Gasteiger partial charge on any atom is 0.338 e.